The number of nitrogens with one attached hydrogen (secondary N) is 1. The van der Waals surface area contributed by atoms with Gasteiger partial charge in [-0.15, -0.1) is 0 Å². The maximum absolute atomic E-state index is 15.2. The van der Waals surface area contributed by atoms with Crippen LogP contribution >= 0.6 is 11.6 Å². The van der Waals surface area contributed by atoms with Gasteiger partial charge in [0.05, 0.1) is 5.56 Å². The van der Waals surface area contributed by atoms with E-state index in [1.165, 1.54) is 27.7 Å². The van der Waals surface area contributed by atoms with E-state index in [2.05, 4.69) is 36.2 Å². The van der Waals surface area contributed by atoms with Crippen molar-refractivity contribution in [2.45, 2.75) is 58.5 Å². The lowest BCUT2D eigenvalue weighted by Gasteiger charge is -2.38. The second-order valence-electron chi connectivity index (χ2n) is 12.9. The van der Waals surface area contributed by atoms with E-state index in [0.29, 0.717) is 31.7 Å². The highest BCUT2D eigenvalue weighted by Gasteiger charge is 2.40. The molecule has 4 amide bonds. The molecule has 2 fully saturated rings. The molecular weight excluding hydrogens is 571 g/mol. The van der Waals surface area contributed by atoms with Crippen LogP contribution < -0.4 is 5.32 Å². The van der Waals surface area contributed by atoms with Crippen molar-refractivity contribution in [2.75, 3.05) is 32.7 Å². The van der Waals surface area contributed by atoms with Gasteiger partial charge in [-0.2, -0.15) is 0 Å². The molecule has 0 saturated carbocycles. The fourth-order valence-corrected chi connectivity index (χ4v) is 6.89. The summed E-state index contributed by atoms with van der Waals surface area (Å²) in [6.07, 6.45) is 3.51. The summed E-state index contributed by atoms with van der Waals surface area (Å²) < 4.78 is 15.2. The first-order valence-electron chi connectivity index (χ1n) is 14.9. The Hall–Kier alpha value is -3.56. The molecule has 1 N–H and O–H groups in total. The highest BCUT2D eigenvalue weighted by molar-refractivity contribution is 6.30. The van der Waals surface area contributed by atoms with E-state index < -0.39 is 29.6 Å². The summed E-state index contributed by atoms with van der Waals surface area (Å²) in [5.74, 6) is -2.50. The van der Waals surface area contributed by atoms with E-state index in [1.807, 2.05) is 12.1 Å². The van der Waals surface area contributed by atoms with Gasteiger partial charge in [-0.05, 0) is 72.1 Å². The van der Waals surface area contributed by atoms with Gasteiger partial charge in [0.1, 0.15) is 11.9 Å². The first-order chi connectivity index (χ1) is 20.5. The smallest absolute Gasteiger partial charge is 0.256 e. The van der Waals surface area contributed by atoms with Gasteiger partial charge in [-0.1, -0.05) is 43.2 Å². The standard InChI is InChI=1S/C33H36ClFN4O4/c1-33(2)10-9-21(26(17-33)20-3-5-23(34)6-4-20)18-37-11-13-38(14-12-37)31(42)25-15-22-19-39(32(43)24(22)16-27(25)35)28-7-8-29(40)36-30(28)41/h3-6,15-16,28H,7-14,17-19H2,1-2H3,(H,36,40,41). The molecule has 0 aromatic heterocycles. The largest absolute Gasteiger partial charge is 0.336 e. The van der Waals surface area contributed by atoms with Crippen LogP contribution in [0.1, 0.15) is 77.8 Å². The third kappa shape index (κ3) is 5.97. The average Bonchev–Trinajstić information content (AvgIpc) is 3.28. The van der Waals surface area contributed by atoms with Crippen molar-refractivity contribution in [3.8, 4) is 0 Å². The van der Waals surface area contributed by atoms with E-state index in [1.54, 1.807) is 4.90 Å². The first-order valence-corrected chi connectivity index (χ1v) is 15.3. The van der Waals surface area contributed by atoms with Gasteiger partial charge in [-0.25, -0.2) is 4.39 Å². The lowest BCUT2D eigenvalue weighted by Crippen LogP contribution is -2.52. The molecule has 1 atom stereocenters. The molecule has 3 heterocycles. The van der Waals surface area contributed by atoms with Crippen LogP contribution in [0, 0.1) is 11.2 Å². The summed E-state index contributed by atoms with van der Waals surface area (Å²) in [4.78, 5) is 55.7. The zero-order chi connectivity index (χ0) is 30.5. The Balaban J connectivity index is 1.12. The van der Waals surface area contributed by atoms with Crippen LogP contribution in [-0.2, 0) is 16.1 Å². The van der Waals surface area contributed by atoms with Crippen molar-refractivity contribution >= 4 is 40.8 Å². The minimum absolute atomic E-state index is 0.0626. The fraction of sp³-hybridized carbons (Fsp3) is 0.455. The maximum atomic E-state index is 15.2. The van der Waals surface area contributed by atoms with Crippen LogP contribution in [0.25, 0.3) is 5.57 Å². The SMILES string of the molecule is CC1(C)CCC(CN2CCN(C(=O)c3cc4c(cc3F)C(=O)N(C3CCC(=O)NC3=O)C4)CC2)=C(c2ccc(Cl)cc2)C1. The van der Waals surface area contributed by atoms with Gasteiger partial charge in [0.2, 0.25) is 11.8 Å². The molecule has 0 spiro atoms. The van der Waals surface area contributed by atoms with Crippen LogP contribution in [0.15, 0.2) is 42.0 Å². The molecule has 0 bridgehead atoms. The number of fused-ring (bicyclic) bond motifs is 1. The Kier molecular flexibility index (Phi) is 7.89. The Morgan fingerprint density at radius 3 is 2.47 bits per heavy atom. The summed E-state index contributed by atoms with van der Waals surface area (Å²) >= 11 is 6.15. The topological polar surface area (TPSA) is 90.0 Å². The number of hydrogen-bond acceptors (Lipinski definition) is 5. The van der Waals surface area contributed by atoms with Gasteiger partial charge in [0, 0.05) is 56.3 Å². The number of carbonyl (C=O) groups is 4. The summed E-state index contributed by atoms with van der Waals surface area (Å²) in [5.41, 5.74) is 4.86. The predicted octanol–water partition coefficient (Wildman–Crippen LogP) is 4.66. The molecule has 2 saturated heterocycles. The van der Waals surface area contributed by atoms with Gasteiger partial charge < -0.3 is 9.80 Å². The molecule has 10 heteroatoms. The lowest BCUT2D eigenvalue weighted by atomic mass is 9.72. The summed E-state index contributed by atoms with van der Waals surface area (Å²) in [7, 11) is 0. The van der Waals surface area contributed by atoms with E-state index in [4.69, 9.17) is 11.6 Å². The molecule has 2 aromatic carbocycles. The van der Waals surface area contributed by atoms with Crippen molar-refractivity contribution in [1.29, 1.82) is 0 Å². The summed E-state index contributed by atoms with van der Waals surface area (Å²) in [6, 6.07) is 9.84. The highest BCUT2D eigenvalue weighted by Crippen LogP contribution is 2.43. The third-order valence-corrected chi connectivity index (χ3v) is 9.55. The molecular formula is C33H36ClFN4O4. The minimum atomic E-state index is -0.793. The van der Waals surface area contributed by atoms with Crippen molar-refractivity contribution in [1.82, 2.24) is 20.0 Å². The van der Waals surface area contributed by atoms with E-state index >= 15 is 4.39 Å². The number of allylic oxidation sites excluding steroid dienone is 1. The molecule has 226 valence electrons. The number of nitrogens with zero attached hydrogens (tertiary/aromatic N) is 3. The quantitative estimate of drug-likeness (QED) is 0.500. The van der Waals surface area contributed by atoms with Gasteiger partial charge >= 0.3 is 0 Å². The number of carbonyl (C=O) groups excluding carboxylic acids is 4. The molecule has 2 aromatic rings. The lowest BCUT2D eigenvalue weighted by molar-refractivity contribution is -0.136. The van der Waals surface area contributed by atoms with Crippen LogP contribution in [0.2, 0.25) is 5.02 Å². The number of rotatable bonds is 5. The predicted molar refractivity (Wildman–Crippen MR) is 161 cm³/mol. The second kappa shape index (κ2) is 11.5. The number of amides is 4. The van der Waals surface area contributed by atoms with Crippen LogP contribution in [0.5, 0.6) is 0 Å². The van der Waals surface area contributed by atoms with Crippen LogP contribution in [-0.4, -0.2) is 77.1 Å². The molecule has 0 radical (unpaired) electrons. The molecule has 4 aliphatic rings. The molecule has 1 unspecified atom stereocenters. The van der Waals surface area contributed by atoms with Crippen molar-refractivity contribution in [2.24, 2.45) is 5.41 Å². The number of piperidine rings is 1. The number of hydrogen-bond donors (Lipinski definition) is 1. The Labute approximate surface area is 255 Å². The molecule has 6 rings (SSSR count). The normalized spacial score (nSPS) is 22.6. The Bertz CT molecular complexity index is 1530. The number of imide groups is 1. The maximum Gasteiger partial charge on any atom is 0.256 e. The summed E-state index contributed by atoms with van der Waals surface area (Å²) in [5, 5.41) is 2.99. The van der Waals surface area contributed by atoms with Crippen LogP contribution in [0.4, 0.5) is 4.39 Å². The second-order valence-corrected chi connectivity index (χ2v) is 13.3. The van der Waals surface area contributed by atoms with Crippen molar-refractivity contribution < 1.29 is 23.6 Å². The monoisotopic (exact) mass is 606 g/mol. The van der Waals surface area contributed by atoms with Gasteiger partial charge in [0.15, 0.2) is 0 Å². The van der Waals surface area contributed by atoms with Crippen molar-refractivity contribution in [3.63, 3.8) is 0 Å². The first kappa shape index (κ1) is 29.5. The fourth-order valence-electron chi connectivity index (χ4n) is 6.77. The van der Waals surface area contributed by atoms with Gasteiger partial charge in [0.25, 0.3) is 11.8 Å². The average molecular weight is 607 g/mol. The highest BCUT2D eigenvalue weighted by atomic mass is 35.5. The third-order valence-electron chi connectivity index (χ3n) is 9.29. The minimum Gasteiger partial charge on any atom is -0.336 e. The van der Waals surface area contributed by atoms with E-state index in [9.17, 15) is 19.2 Å². The zero-order valence-corrected chi connectivity index (χ0v) is 25.3. The Morgan fingerprint density at radius 1 is 1.05 bits per heavy atom. The molecule has 3 aliphatic heterocycles. The van der Waals surface area contributed by atoms with Crippen LogP contribution in [0.3, 0.4) is 0 Å². The number of halogens is 2. The molecule has 43 heavy (non-hydrogen) atoms. The van der Waals surface area contributed by atoms with Gasteiger partial charge in [-0.3, -0.25) is 29.4 Å². The molecule has 8 nitrogen and oxygen atoms in total. The number of piperazine rings is 1. The zero-order valence-electron chi connectivity index (χ0n) is 24.6. The van der Waals surface area contributed by atoms with Crippen molar-refractivity contribution in [3.05, 3.63) is 75.1 Å². The van der Waals surface area contributed by atoms with E-state index in [0.717, 1.165) is 36.9 Å². The number of benzene rings is 2. The Morgan fingerprint density at radius 2 is 1.77 bits per heavy atom. The summed E-state index contributed by atoms with van der Waals surface area (Å²) in [6.45, 7) is 7.87. The van der Waals surface area contributed by atoms with E-state index in [-0.39, 0.29) is 41.8 Å². The molecule has 1 aliphatic carbocycles.